The quantitative estimate of drug-likeness (QED) is 0.386. The normalized spacial score (nSPS) is 17.1. The molecule has 0 heterocycles. The molecule has 128 valence electrons. The summed E-state index contributed by atoms with van der Waals surface area (Å²) in [7, 11) is 0. The molecule has 4 N–H and O–H groups in total. The number of rotatable bonds is 12. The molecule has 0 aromatic rings. The second-order valence-electron chi connectivity index (χ2n) is 5.62. The van der Waals surface area contributed by atoms with E-state index in [0.29, 0.717) is 12.8 Å². The van der Waals surface area contributed by atoms with Crippen molar-refractivity contribution in [2.75, 3.05) is 13.2 Å². The summed E-state index contributed by atoms with van der Waals surface area (Å²) in [6, 6.07) is 0. The van der Waals surface area contributed by atoms with Gasteiger partial charge >= 0.3 is 0 Å². The lowest BCUT2D eigenvalue weighted by Gasteiger charge is -2.32. The molecule has 6 heteroatoms. The van der Waals surface area contributed by atoms with Crippen LogP contribution in [0.4, 0.5) is 0 Å². The number of hydrogen-bond acceptors (Lipinski definition) is 6. The molecule has 2 unspecified atom stereocenters. The van der Waals surface area contributed by atoms with Crippen molar-refractivity contribution in [1.29, 1.82) is 0 Å². The molecule has 0 saturated carbocycles. The Morgan fingerprint density at radius 3 is 1.50 bits per heavy atom. The minimum absolute atomic E-state index is 0.00157. The molecule has 2 atom stereocenters. The van der Waals surface area contributed by atoms with Crippen molar-refractivity contribution in [3.63, 3.8) is 0 Å². The van der Waals surface area contributed by atoms with E-state index in [9.17, 15) is 30.0 Å². The van der Waals surface area contributed by atoms with Crippen molar-refractivity contribution < 1.29 is 30.0 Å². The van der Waals surface area contributed by atoms with Gasteiger partial charge in [0.2, 0.25) is 0 Å². The van der Waals surface area contributed by atoms with Gasteiger partial charge in [-0.3, -0.25) is 9.59 Å². The fraction of sp³-hybridized carbons (Fsp3) is 0.750. The lowest BCUT2D eigenvalue weighted by atomic mass is 9.76. The number of aliphatic hydroxyl groups excluding tert-OH is 2. The fourth-order valence-corrected chi connectivity index (χ4v) is 2.42. The molecule has 6 nitrogen and oxygen atoms in total. The fourth-order valence-electron chi connectivity index (χ4n) is 2.42. The summed E-state index contributed by atoms with van der Waals surface area (Å²) in [5.41, 5.74) is -4.09. The SMILES string of the molecule is [CH2]CC[C](C(=O)C(O)(CO)CCC)C(=O)C(O)(CO)CCC. The molecule has 2 radical (unpaired) electrons. The molecule has 0 amide bonds. The van der Waals surface area contributed by atoms with Crippen molar-refractivity contribution in [3.8, 4) is 0 Å². The minimum atomic E-state index is -2.04. The number of aliphatic hydroxyl groups is 4. The standard InChI is InChI=1S/C16H28O6/c1-4-7-12(13(19)15(21,10-17)8-5-2)14(20)16(22,11-18)9-6-3/h17-18,21-22H,1,4-11H2,2-3H3. The van der Waals surface area contributed by atoms with Gasteiger partial charge in [0.05, 0.1) is 13.2 Å². The second-order valence-corrected chi connectivity index (χ2v) is 5.62. The van der Waals surface area contributed by atoms with Crippen LogP contribution < -0.4 is 0 Å². The topological polar surface area (TPSA) is 115 Å². The molecule has 0 saturated heterocycles. The first-order valence-corrected chi connectivity index (χ1v) is 7.67. The van der Waals surface area contributed by atoms with Gasteiger partial charge in [0.25, 0.3) is 0 Å². The molecule has 0 bridgehead atoms. The average Bonchev–Trinajstić information content (AvgIpc) is 2.51. The van der Waals surface area contributed by atoms with Crippen molar-refractivity contribution in [2.45, 2.75) is 63.6 Å². The van der Waals surface area contributed by atoms with Gasteiger partial charge in [0.1, 0.15) is 17.1 Å². The van der Waals surface area contributed by atoms with E-state index in [0.717, 1.165) is 0 Å². The molecule has 22 heavy (non-hydrogen) atoms. The van der Waals surface area contributed by atoms with Gasteiger partial charge in [-0.25, -0.2) is 0 Å². The third-order valence-corrected chi connectivity index (χ3v) is 3.67. The van der Waals surface area contributed by atoms with Crippen LogP contribution in [0.1, 0.15) is 52.4 Å². The Morgan fingerprint density at radius 1 is 0.909 bits per heavy atom. The number of carbonyl (C=O) groups is 2. The third kappa shape index (κ3) is 4.84. The summed E-state index contributed by atoms with van der Waals surface area (Å²) in [5.74, 6) is -2.09. The number of carbonyl (C=O) groups excluding carboxylic acids is 2. The van der Waals surface area contributed by atoms with Crippen LogP contribution >= 0.6 is 0 Å². The van der Waals surface area contributed by atoms with E-state index >= 15 is 0 Å². The zero-order valence-corrected chi connectivity index (χ0v) is 13.5. The number of ketones is 2. The van der Waals surface area contributed by atoms with E-state index < -0.39 is 36.0 Å². The predicted octanol–water partition coefficient (Wildman–Crippen LogP) is 0.360. The van der Waals surface area contributed by atoms with Gasteiger partial charge in [-0.15, -0.1) is 0 Å². The molecule has 0 aromatic heterocycles. The maximum atomic E-state index is 12.5. The van der Waals surface area contributed by atoms with E-state index in [4.69, 9.17) is 0 Å². The summed E-state index contributed by atoms with van der Waals surface area (Å²) in [5, 5.41) is 39.2. The maximum Gasteiger partial charge on any atom is 0.181 e. The molecule has 0 aliphatic carbocycles. The van der Waals surface area contributed by atoms with Crippen LogP contribution in [-0.2, 0) is 9.59 Å². The number of hydrogen-bond donors (Lipinski definition) is 4. The Bertz CT molecular complexity index is 338. The van der Waals surface area contributed by atoms with Gasteiger partial charge in [-0.05, 0) is 19.3 Å². The Hall–Kier alpha value is -0.820. The van der Waals surface area contributed by atoms with Crippen molar-refractivity contribution in [3.05, 3.63) is 12.8 Å². The second kappa shape index (κ2) is 9.35. The lowest BCUT2D eigenvalue weighted by Crippen LogP contribution is -2.53. The van der Waals surface area contributed by atoms with Crippen molar-refractivity contribution >= 4 is 11.6 Å². The molecule has 0 aromatic carbocycles. The molecule has 0 aliphatic rings. The van der Waals surface area contributed by atoms with Crippen LogP contribution in [-0.4, -0.2) is 56.4 Å². The highest BCUT2D eigenvalue weighted by Crippen LogP contribution is 2.29. The van der Waals surface area contributed by atoms with E-state index in [1.807, 2.05) is 0 Å². The zero-order valence-electron chi connectivity index (χ0n) is 13.5. The first-order chi connectivity index (χ1) is 10.3. The van der Waals surface area contributed by atoms with Gasteiger partial charge in [0.15, 0.2) is 11.6 Å². The first kappa shape index (κ1) is 21.2. The van der Waals surface area contributed by atoms with Crippen LogP contribution in [0, 0.1) is 12.8 Å². The monoisotopic (exact) mass is 316 g/mol. The lowest BCUT2D eigenvalue weighted by molar-refractivity contribution is -0.150. The van der Waals surface area contributed by atoms with Crippen LogP contribution in [0.25, 0.3) is 0 Å². The van der Waals surface area contributed by atoms with E-state index in [1.54, 1.807) is 13.8 Å². The summed E-state index contributed by atoms with van der Waals surface area (Å²) in [4.78, 5) is 25.0. The molecular weight excluding hydrogens is 288 g/mol. The summed E-state index contributed by atoms with van der Waals surface area (Å²) < 4.78 is 0. The van der Waals surface area contributed by atoms with Gasteiger partial charge in [-0.2, -0.15) is 0 Å². The van der Waals surface area contributed by atoms with E-state index in [-0.39, 0.29) is 31.6 Å². The van der Waals surface area contributed by atoms with Crippen molar-refractivity contribution in [1.82, 2.24) is 0 Å². The smallest absolute Gasteiger partial charge is 0.181 e. The molecule has 0 rings (SSSR count). The molecule has 0 aliphatic heterocycles. The molecule has 0 fully saturated rings. The summed E-state index contributed by atoms with van der Waals surface area (Å²) in [6.07, 6.45) is 1.06. The van der Waals surface area contributed by atoms with E-state index in [1.165, 1.54) is 0 Å². The Kier molecular flexibility index (Phi) is 9.00. The highest BCUT2D eigenvalue weighted by molar-refractivity contribution is 6.21. The Labute approximate surface area is 132 Å². The third-order valence-electron chi connectivity index (χ3n) is 3.67. The minimum Gasteiger partial charge on any atom is -0.393 e. The van der Waals surface area contributed by atoms with Crippen LogP contribution in [0.2, 0.25) is 0 Å². The van der Waals surface area contributed by atoms with Crippen LogP contribution in [0.3, 0.4) is 0 Å². The van der Waals surface area contributed by atoms with Gasteiger partial charge < -0.3 is 20.4 Å². The summed E-state index contributed by atoms with van der Waals surface area (Å²) in [6.45, 7) is 5.44. The predicted molar refractivity (Wildman–Crippen MR) is 81.7 cm³/mol. The maximum absolute atomic E-state index is 12.5. The van der Waals surface area contributed by atoms with Crippen molar-refractivity contribution in [2.24, 2.45) is 0 Å². The highest BCUT2D eigenvalue weighted by atomic mass is 16.3. The van der Waals surface area contributed by atoms with Crippen LogP contribution in [0.15, 0.2) is 0 Å². The average molecular weight is 316 g/mol. The van der Waals surface area contributed by atoms with E-state index in [2.05, 4.69) is 6.92 Å². The molecule has 0 spiro atoms. The Morgan fingerprint density at radius 2 is 1.27 bits per heavy atom. The highest BCUT2D eigenvalue weighted by Gasteiger charge is 2.48. The van der Waals surface area contributed by atoms with Gasteiger partial charge in [0, 0.05) is 0 Å². The number of Topliss-reactive ketones (excluding diaryl/α,β-unsaturated/α-hetero) is 2. The first-order valence-electron chi connectivity index (χ1n) is 7.67. The summed E-state index contributed by atoms with van der Waals surface area (Å²) >= 11 is 0. The van der Waals surface area contributed by atoms with Gasteiger partial charge in [-0.1, -0.05) is 40.0 Å². The van der Waals surface area contributed by atoms with Crippen LogP contribution in [0.5, 0.6) is 0 Å². The Balaban J connectivity index is 5.53. The largest absolute Gasteiger partial charge is 0.393 e. The zero-order chi connectivity index (χ0) is 17.4. The molecular formula is C16H28O6.